The van der Waals surface area contributed by atoms with Gasteiger partial charge in [-0.25, -0.2) is 9.37 Å². The number of nitrogens with zero attached hydrogens (tertiary/aromatic N) is 2. The first-order valence-corrected chi connectivity index (χ1v) is 11.3. The number of nitrogens with one attached hydrogen (secondary N) is 1. The lowest BCUT2D eigenvalue weighted by atomic mass is 9.95. The van der Waals surface area contributed by atoms with E-state index < -0.39 is 0 Å². The van der Waals surface area contributed by atoms with Crippen LogP contribution in [0.25, 0.3) is 0 Å². The van der Waals surface area contributed by atoms with Crippen molar-refractivity contribution in [2.45, 2.75) is 32.9 Å². The van der Waals surface area contributed by atoms with Crippen LogP contribution in [0.3, 0.4) is 0 Å². The molecule has 4 rings (SSSR count). The number of carbonyl (C=O) groups excluding carboxylic acids is 1. The quantitative estimate of drug-likeness (QED) is 0.562. The van der Waals surface area contributed by atoms with Gasteiger partial charge >= 0.3 is 0 Å². The Hall–Kier alpha value is -2.77. The minimum Gasteiger partial charge on any atom is -0.489 e. The summed E-state index contributed by atoms with van der Waals surface area (Å²) in [6, 6.07) is 13.7. The number of amides is 1. The highest BCUT2D eigenvalue weighted by Gasteiger charge is 2.25. The third-order valence-electron chi connectivity index (χ3n) is 5.41. The molecule has 2 heterocycles. The topological polar surface area (TPSA) is 54.5 Å². The van der Waals surface area contributed by atoms with E-state index in [1.165, 1.54) is 12.1 Å². The summed E-state index contributed by atoms with van der Waals surface area (Å²) in [6.45, 7) is 4.93. The summed E-state index contributed by atoms with van der Waals surface area (Å²) in [6.07, 6.45) is 1.68. The first-order valence-electron chi connectivity index (χ1n) is 10.5. The second-order valence-electron chi connectivity index (χ2n) is 7.84. The Bertz CT molecular complexity index is 1030. The summed E-state index contributed by atoms with van der Waals surface area (Å²) in [5.74, 6) is 0.405. The van der Waals surface area contributed by atoms with Crippen molar-refractivity contribution in [3.8, 4) is 5.75 Å². The molecule has 0 unspecified atom stereocenters. The third-order valence-corrected chi connectivity index (χ3v) is 6.23. The molecule has 1 saturated heterocycles. The van der Waals surface area contributed by atoms with Gasteiger partial charge in [0.15, 0.2) is 0 Å². The summed E-state index contributed by atoms with van der Waals surface area (Å²) in [7, 11) is 0. The Balaban J connectivity index is 1.26. The first kappa shape index (κ1) is 21.5. The molecule has 0 aliphatic carbocycles. The molecule has 1 amide bonds. The summed E-state index contributed by atoms with van der Waals surface area (Å²) >= 11 is 1.67. The summed E-state index contributed by atoms with van der Waals surface area (Å²) < 4.78 is 19.1. The lowest BCUT2D eigenvalue weighted by Gasteiger charge is -2.30. The lowest BCUT2D eigenvalue weighted by Crippen LogP contribution is -2.37. The van der Waals surface area contributed by atoms with Crippen LogP contribution in [0.1, 0.15) is 29.1 Å². The van der Waals surface area contributed by atoms with Crippen molar-refractivity contribution in [3.05, 3.63) is 76.0 Å². The number of halogens is 1. The predicted octanol–water partition coefficient (Wildman–Crippen LogP) is 5.02. The molecule has 1 N–H and O–H groups in total. The lowest BCUT2D eigenvalue weighted by molar-refractivity contribution is -0.121. The standard InChI is InChI=1S/C24H26FN3O2S/c1-17-26-22(16-31-17)14-28-10-8-19(9-11-28)24(29)27-21-6-3-7-23(13-21)30-15-18-4-2-5-20(25)12-18/h2-7,12-13,16,19H,8-11,14-15H2,1H3,(H,27,29). The van der Waals surface area contributed by atoms with Crippen molar-refractivity contribution in [1.29, 1.82) is 0 Å². The zero-order valence-corrected chi connectivity index (χ0v) is 18.3. The Morgan fingerprint density at radius 1 is 1.23 bits per heavy atom. The average molecular weight is 440 g/mol. The number of likely N-dealkylation sites (tertiary alicyclic amines) is 1. The van der Waals surface area contributed by atoms with E-state index in [2.05, 4.69) is 20.6 Å². The van der Waals surface area contributed by atoms with Gasteiger partial charge < -0.3 is 10.1 Å². The zero-order valence-electron chi connectivity index (χ0n) is 17.5. The van der Waals surface area contributed by atoms with E-state index >= 15 is 0 Å². The van der Waals surface area contributed by atoms with E-state index in [9.17, 15) is 9.18 Å². The highest BCUT2D eigenvalue weighted by Crippen LogP contribution is 2.23. The van der Waals surface area contributed by atoms with Crippen LogP contribution < -0.4 is 10.1 Å². The fraction of sp³-hybridized carbons (Fsp3) is 0.333. The number of benzene rings is 2. The number of aromatic nitrogens is 1. The molecule has 5 nitrogen and oxygen atoms in total. The molecule has 31 heavy (non-hydrogen) atoms. The molecule has 7 heteroatoms. The van der Waals surface area contributed by atoms with Gasteiger partial charge in [-0.3, -0.25) is 9.69 Å². The van der Waals surface area contributed by atoms with Crippen molar-refractivity contribution >= 4 is 22.9 Å². The Morgan fingerprint density at radius 2 is 2.03 bits per heavy atom. The second kappa shape index (κ2) is 10.0. The molecule has 1 fully saturated rings. The molecule has 0 atom stereocenters. The molecule has 0 radical (unpaired) electrons. The maximum absolute atomic E-state index is 13.3. The van der Waals surface area contributed by atoms with Gasteiger partial charge in [-0.2, -0.15) is 0 Å². The van der Waals surface area contributed by atoms with Gasteiger partial charge in [0.05, 0.1) is 10.7 Å². The number of anilines is 1. The van der Waals surface area contributed by atoms with Crippen LogP contribution in [0.5, 0.6) is 5.75 Å². The van der Waals surface area contributed by atoms with Crippen LogP contribution in [-0.2, 0) is 17.9 Å². The molecular weight excluding hydrogens is 413 g/mol. The Kier molecular flexibility index (Phi) is 6.94. The smallest absolute Gasteiger partial charge is 0.227 e. The molecule has 3 aromatic rings. The molecule has 0 bridgehead atoms. The van der Waals surface area contributed by atoms with Gasteiger partial charge in [0.25, 0.3) is 0 Å². The summed E-state index contributed by atoms with van der Waals surface area (Å²) in [4.78, 5) is 19.6. The van der Waals surface area contributed by atoms with Crippen LogP contribution in [-0.4, -0.2) is 28.9 Å². The van der Waals surface area contributed by atoms with Crippen molar-refractivity contribution < 1.29 is 13.9 Å². The number of piperidine rings is 1. The van der Waals surface area contributed by atoms with Crippen LogP contribution in [0.4, 0.5) is 10.1 Å². The molecule has 0 saturated carbocycles. The van der Waals surface area contributed by atoms with Gasteiger partial charge in [-0.1, -0.05) is 18.2 Å². The molecule has 0 spiro atoms. The number of hydrogen-bond donors (Lipinski definition) is 1. The van der Waals surface area contributed by atoms with Crippen LogP contribution in [0, 0.1) is 18.7 Å². The van der Waals surface area contributed by atoms with E-state index in [-0.39, 0.29) is 24.2 Å². The Morgan fingerprint density at radius 3 is 2.77 bits per heavy atom. The highest BCUT2D eigenvalue weighted by molar-refractivity contribution is 7.09. The van der Waals surface area contributed by atoms with Gasteiger partial charge in [-0.05, 0) is 62.7 Å². The normalized spacial score (nSPS) is 15.0. The number of carbonyl (C=O) groups is 1. The van der Waals surface area contributed by atoms with Crippen LogP contribution in [0.2, 0.25) is 0 Å². The van der Waals surface area contributed by atoms with Crippen molar-refractivity contribution in [1.82, 2.24) is 9.88 Å². The number of aryl methyl sites for hydroxylation is 1. The third kappa shape index (κ3) is 6.12. The molecular formula is C24H26FN3O2S. The molecule has 1 aromatic heterocycles. The van der Waals surface area contributed by atoms with Crippen LogP contribution >= 0.6 is 11.3 Å². The predicted molar refractivity (Wildman–Crippen MR) is 121 cm³/mol. The van der Waals surface area contributed by atoms with Crippen LogP contribution in [0.15, 0.2) is 53.9 Å². The highest BCUT2D eigenvalue weighted by atomic mass is 32.1. The van der Waals surface area contributed by atoms with Crippen molar-refractivity contribution in [2.75, 3.05) is 18.4 Å². The number of rotatable bonds is 7. The maximum atomic E-state index is 13.3. The van der Waals surface area contributed by atoms with E-state index in [0.29, 0.717) is 11.4 Å². The van der Waals surface area contributed by atoms with E-state index in [1.807, 2.05) is 31.2 Å². The van der Waals surface area contributed by atoms with Gasteiger partial charge in [0.2, 0.25) is 5.91 Å². The van der Waals surface area contributed by atoms with Gasteiger partial charge in [0, 0.05) is 29.6 Å². The fourth-order valence-electron chi connectivity index (χ4n) is 3.76. The minimum absolute atomic E-state index is 0.00490. The van der Waals surface area contributed by atoms with Gasteiger partial charge in [-0.15, -0.1) is 11.3 Å². The molecule has 2 aromatic carbocycles. The SMILES string of the molecule is Cc1nc(CN2CCC(C(=O)Nc3cccc(OCc4cccc(F)c4)c3)CC2)cs1. The fourth-order valence-corrected chi connectivity index (χ4v) is 4.37. The Labute approximate surface area is 185 Å². The maximum Gasteiger partial charge on any atom is 0.227 e. The average Bonchev–Trinajstić information content (AvgIpc) is 3.17. The number of ether oxygens (including phenoxy) is 1. The van der Waals surface area contributed by atoms with Crippen molar-refractivity contribution in [3.63, 3.8) is 0 Å². The molecule has 162 valence electrons. The zero-order chi connectivity index (χ0) is 21.6. The molecule has 1 aliphatic heterocycles. The van der Waals surface area contributed by atoms with Crippen molar-refractivity contribution in [2.24, 2.45) is 5.92 Å². The van der Waals surface area contributed by atoms with E-state index in [1.54, 1.807) is 23.5 Å². The second-order valence-corrected chi connectivity index (χ2v) is 8.91. The minimum atomic E-state index is -0.283. The monoisotopic (exact) mass is 439 g/mol. The number of hydrogen-bond acceptors (Lipinski definition) is 5. The van der Waals surface area contributed by atoms with E-state index in [0.717, 1.165) is 48.7 Å². The molecule has 1 aliphatic rings. The number of thiazole rings is 1. The largest absolute Gasteiger partial charge is 0.489 e. The van der Waals surface area contributed by atoms with E-state index in [4.69, 9.17) is 4.74 Å². The summed E-state index contributed by atoms with van der Waals surface area (Å²) in [5, 5.41) is 6.22. The first-order chi connectivity index (χ1) is 15.0. The van der Waals surface area contributed by atoms with Gasteiger partial charge in [0.1, 0.15) is 18.2 Å². The summed E-state index contributed by atoms with van der Waals surface area (Å²) in [5.41, 5.74) is 2.58.